The molecule has 0 aliphatic heterocycles. The third kappa shape index (κ3) is 4.69. The molecule has 0 amide bonds. The molecule has 0 radical (unpaired) electrons. The summed E-state index contributed by atoms with van der Waals surface area (Å²) in [7, 11) is -2.28. The van der Waals surface area contributed by atoms with Crippen molar-refractivity contribution in [2.75, 3.05) is 10.0 Å². The first kappa shape index (κ1) is 27.0. The summed E-state index contributed by atoms with van der Waals surface area (Å²) < 4.78 is 45.8. The summed E-state index contributed by atoms with van der Waals surface area (Å²) in [4.78, 5) is 40.7. The molecule has 2 heterocycles. The molecule has 1 saturated carbocycles. The standard InChI is InChI=1S/C28H26FN5O5S/c1-5-17-9-12-22(21(29)13-17)30-23-15-24(35)32(4)26-25(23)27(36)34(19-10-11-19)28(37)33(26)20-8-6-7-18(14-20)31-40(38,39)16(2)3/h1,6-9,12-16,19,30-31H,10-11H2,2-4H3. The lowest BCUT2D eigenvalue weighted by molar-refractivity contribution is 0.593. The Balaban J connectivity index is 1.81. The van der Waals surface area contributed by atoms with E-state index in [4.69, 9.17) is 6.42 Å². The van der Waals surface area contributed by atoms with Crippen LogP contribution in [-0.2, 0) is 17.1 Å². The van der Waals surface area contributed by atoms with Crippen molar-refractivity contribution in [1.29, 1.82) is 0 Å². The van der Waals surface area contributed by atoms with Crippen LogP contribution in [0.3, 0.4) is 0 Å². The number of pyridine rings is 1. The van der Waals surface area contributed by atoms with Gasteiger partial charge in [-0.15, -0.1) is 6.42 Å². The van der Waals surface area contributed by atoms with Gasteiger partial charge in [0, 0.05) is 24.7 Å². The average molecular weight is 564 g/mol. The van der Waals surface area contributed by atoms with Crippen LogP contribution in [0.5, 0.6) is 0 Å². The van der Waals surface area contributed by atoms with Crippen LogP contribution < -0.4 is 26.8 Å². The Morgan fingerprint density at radius 1 is 1.05 bits per heavy atom. The molecule has 2 aromatic carbocycles. The summed E-state index contributed by atoms with van der Waals surface area (Å²) in [6.07, 6.45) is 6.59. The van der Waals surface area contributed by atoms with Crippen LogP contribution in [0, 0.1) is 18.2 Å². The summed E-state index contributed by atoms with van der Waals surface area (Å²) in [5, 5.41) is 2.12. The molecular formula is C28H26FN5O5S. The van der Waals surface area contributed by atoms with Crippen molar-refractivity contribution in [1.82, 2.24) is 13.7 Å². The molecule has 0 bridgehead atoms. The number of halogens is 1. The van der Waals surface area contributed by atoms with E-state index in [1.807, 2.05) is 0 Å². The minimum absolute atomic E-state index is 0.00951. The molecule has 12 heteroatoms. The lowest BCUT2D eigenvalue weighted by Crippen LogP contribution is -2.41. The van der Waals surface area contributed by atoms with E-state index >= 15 is 0 Å². The fourth-order valence-corrected chi connectivity index (χ4v) is 5.08. The Bertz CT molecular complexity index is 2010. The van der Waals surface area contributed by atoms with Crippen LogP contribution in [0.4, 0.5) is 21.5 Å². The highest BCUT2D eigenvalue weighted by atomic mass is 32.2. The summed E-state index contributed by atoms with van der Waals surface area (Å²) in [6.45, 7) is 3.06. The van der Waals surface area contributed by atoms with Gasteiger partial charge in [0.25, 0.3) is 11.1 Å². The third-order valence-corrected chi connectivity index (χ3v) is 8.51. The molecule has 40 heavy (non-hydrogen) atoms. The van der Waals surface area contributed by atoms with E-state index in [2.05, 4.69) is 16.0 Å². The maximum absolute atomic E-state index is 14.8. The molecule has 1 aliphatic carbocycles. The SMILES string of the molecule is C#Cc1ccc(Nc2cc(=O)n(C)c3c2c(=O)n(C2CC2)c(=O)n3-c2cccc(NS(=O)(=O)C(C)C)c2)c(F)c1. The number of aryl methyl sites for hydroxylation is 1. The lowest BCUT2D eigenvalue weighted by Gasteiger charge is -2.19. The van der Waals surface area contributed by atoms with Crippen LogP contribution in [0.2, 0.25) is 0 Å². The summed E-state index contributed by atoms with van der Waals surface area (Å²) in [5.74, 6) is 1.65. The molecule has 10 nitrogen and oxygen atoms in total. The van der Waals surface area contributed by atoms with Gasteiger partial charge in [0.05, 0.1) is 28.0 Å². The summed E-state index contributed by atoms with van der Waals surface area (Å²) in [5.41, 5.74) is -1.18. The van der Waals surface area contributed by atoms with Gasteiger partial charge < -0.3 is 5.32 Å². The van der Waals surface area contributed by atoms with Crippen LogP contribution >= 0.6 is 0 Å². The smallest absolute Gasteiger partial charge is 0.337 e. The Labute approximate surface area is 228 Å². The van der Waals surface area contributed by atoms with Crippen LogP contribution in [0.1, 0.15) is 38.3 Å². The summed E-state index contributed by atoms with van der Waals surface area (Å²) in [6, 6.07) is 11.0. The molecule has 0 unspecified atom stereocenters. The molecule has 2 aromatic heterocycles. The van der Waals surface area contributed by atoms with Crippen molar-refractivity contribution in [3.63, 3.8) is 0 Å². The zero-order valence-electron chi connectivity index (χ0n) is 21.9. The quantitative estimate of drug-likeness (QED) is 0.333. The number of hydrogen-bond acceptors (Lipinski definition) is 6. The number of anilines is 3. The zero-order chi connectivity index (χ0) is 28.9. The van der Waals surface area contributed by atoms with Gasteiger partial charge in [0.2, 0.25) is 10.0 Å². The van der Waals surface area contributed by atoms with Crippen LogP contribution in [0.15, 0.2) is 62.9 Å². The topological polar surface area (TPSA) is 124 Å². The first-order valence-electron chi connectivity index (χ1n) is 12.5. The minimum atomic E-state index is -3.69. The van der Waals surface area contributed by atoms with Crippen molar-refractivity contribution >= 4 is 38.1 Å². The first-order chi connectivity index (χ1) is 18.9. The number of hydrogen-bond donors (Lipinski definition) is 2. The fourth-order valence-electron chi connectivity index (χ4n) is 4.39. The number of aromatic nitrogens is 3. The predicted octanol–water partition coefficient (Wildman–Crippen LogP) is 3.20. The first-order valence-corrected chi connectivity index (χ1v) is 14.0. The Morgan fingerprint density at radius 3 is 2.40 bits per heavy atom. The van der Waals surface area contributed by atoms with E-state index < -0.39 is 37.9 Å². The second-order valence-corrected chi connectivity index (χ2v) is 12.1. The molecule has 206 valence electrons. The second kappa shape index (κ2) is 9.84. The Kier molecular flexibility index (Phi) is 6.63. The van der Waals surface area contributed by atoms with Crippen molar-refractivity contribution in [3.8, 4) is 18.0 Å². The van der Waals surface area contributed by atoms with Gasteiger partial charge in [0.15, 0.2) is 0 Å². The second-order valence-electron chi connectivity index (χ2n) is 9.89. The average Bonchev–Trinajstić information content (AvgIpc) is 3.73. The number of fused-ring (bicyclic) bond motifs is 1. The highest BCUT2D eigenvalue weighted by Gasteiger charge is 2.31. The number of nitrogens with one attached hydrogen (secondary N) is 2. The van der Waals surface area contributed by atoms with Gasteiger partial charge >= 0.3 is 5.69 Å². The highest BCUT2D eigenvalue weighted by molar-refractivity contribution is 7.93. The maximum Gasteiger partial charge on any atom is 0.337 e. The molecule has 2 N–H and O–H groups in total. The van der Waals surface area contributed by atoms with Crippen LogP contribution in [-0.4, -0.2) is 27.4 Å². The van der Waals surface area contributed by atoms with E-state index in [1.165, 1.54) is 49.7 Å². The van der Waals surface area contributed by atoms with E-state index in [-0.39, 0.29) is 39.8 Å². The van der Waals surface area contributed by atoms with Crippen molar-refractivity contribution < 1.29 is 12.8 Å². The Hall–Kier alpha value is -4.63. The van der Waals surface area contributed by atoms with E-state index in [1.54, 1.807) is 12.1 Å². The number of sulfonamides is 1. The molecule has 0 saturated heterocycles. The zero-order valence-corrected chi connectivity index (χ0v) is 22.8. The molecule has 0 spiro atoms. The number of terminal acetylenes is 1. The van der Waals surface area contributed by atoms with E-state index in [9.17, 15) is 27.2 Å². The van der Waals surface area contributed by atoms with Gasteiger partial charge in [-0.05, 0) is 63.1 Å². The molecule has 5 rings (SSSR count). The molecule has 1 fully saturated rings. The lowest BCUT2D eigenvalue weighted by atomic mass is 10.2. The van der Waals surface area contributed by atoms with E-state index in [0.29, 0.717) is 18.4 Å². The monoisotopic (exact) mass is 563 g/mol. The highest BCUT2D eigenvalue weighted by Crippen LogP contribution is 2.34. The summed E-state index contributed by atoms with van der Waals surface area (Å²) >= 11 is 0. The fraction of sp³-hybridized carbons (Fsp3) is 0.250. The minimum Gasteiger partial charge on any atom is -0.352 e. The van der Waals surface area contributed by atoms with Crippen LogP contribution in [0.25, 0.3) is 16.7 Å². The van der Waals surface area contributed by atoms with Gasteiger partial charge in [-0.3, -0.25) is 23.4 Å². The molecule has 4 aromatic rings. The van der Waals surface area contributed by atoms with Gasteiger partial charge in [-0.1, -0.05) is 12.0 Å². The molecule has 0 atom stereocenters. The Morgan fingerprint density at radius 2 is 1.77 bits per heavy atom. The van der Waals surface area contributed by atoms with Crippen molar-refractivity contribution in [2.45, 2.75) is 38.0 Å². The van der Waals surface area contributed by atoms with E-state index in [0.717, 1.165) is 21.3 Å². The molecule has 1 aliphatic rings. The van der Waals surface area contributed by atoms with Gasteiger partial charge in [-0.2, -0.15) is 0 Å². The normalized spacial score (nSPS) is 13.4. The van der Waals surface area contributed by atoms with Gasteiger partial charge in [0.1, 0.15) is 16.9 Å². The number of rotatable bonds is 7. The number of nitrogens with zero attached hydrogens (tertiary/aromatic N) is 3. The number of benzene rings is 2. The third-order valence-electron chi connectivity index (χ3n) is 6.75. The van der Waals surface area contributed by atoms with Gasteiger partial charge in [-0.25, -0.2) is 22.2 Å². The largest absolute Gasteiger partial charge is 0.352 e. The van der Waals surface area contributed by atoms with Crippen molar-refractivity contribution in [3.05, 3.63) is 91.1 Å². The predicted molar refractivity (Wildman–Crippen MR) is 153 cm³/mol. The molecular weight excluding hydrogens is 537 g/mol. The van der Waals surface area contributed by atoms with Crippen molar-refractivity contribution in [2.24, 2.45) is 7.05 Å². The maximum atomic E-state index is 14.8.